The van der Waals surface area contributed by atoms with E-state index in [9.17, 15) is 0 Å². The lowest BCUT2D eigenvalue weighted by Gasteiger charge is -2.31. The number of hydrogen-bond donors (Lipinski definition) is 0. The van der Waals surface area contributed by atoms with E-state index in [0.29, 0.717) is 0 Å². The van der Waals surface area contributed by atoms with E-state index in [2.05, 4.69) is 228 Å². The van der Waals surface area contributed by atoms with Crippen LogP contribution in [0.4, 0.5) is 34.1 Å². The second-order valence-electron chi connectivity index (χ2n) is 13.0. The minimum absolute atomic E-state index is 1.08. The normalized spacial score (nSPS) is 11.1. The van der Waals surface area contributed by atoms with Crippen molar-refractivity contribution in [1.29, 1.82) is 0 Å². The van der Waals surface area contributed by atoms with Crippen LogP contribution in [0.25, 0.3) is 43.8 Å². The number of para-hydroxylation sites is 2. The topological polar surface area (TPSA) is 6.48 Å². The summed E-state index contributed by atoms with van der Waals surface area (Å²) in [4.78, 5) is 4.78. The summed E-state index contributed by atoms with van der Waals surface area (Å²) < 4.78 is 0. The molecule has 9 aromatic rings. The number of fused-ring (bicyclic) bond motifs is 3. The van der Waals surface area contributed by atoms with Crippen molar-refractivity contribution in [2.45, 2.75) is 0 Å². The summed E-state index contributed by atoms with van der Waals surface area (Å²) in [6.45, 7) is 0. The maximum Gasteiger partial charge on any atom is 0.0561 e. The molecule has 246 valence electrons. The van der Waals surface area contributed by atoms with Gasteiger partial charge in [0.15, 0.2) is 0 Å². The highest BCUT2D eigenvalue weighted by Crippen LogP contribution is 2.46. The van der Waals surface area contributed by atoms with Crippen LogP contribution in [0.3, 0.4) is 0 Å². The van der Waals surface area contributed by atoms with E-state index in [1.54, 1.807) is 0 Å². The first-order valence-corrected chi connectivity index (χ1v) is 17.8. The van der Waals surface area contributed by atoms with E-state index >= 15 is 0 Å². The standard InChI is InChI=1S/C50H36N2/c1-5-15-37(16-6-1)39-25-30-44(31-26-39)51(42-20-9-3-10-21-42)46-35-49-47-24-14-13-19-41(47)29-34-48(49)50(36-46)52(43-22-11-4-12-23-43)45-32-27-40(28-33-45)38-17-7-2-8-18-38/h1-36H. The van der Waals surface area contributed by atoms with Gasteiger partial charge >= 0.3 is 0 Å². The highest BCUT2D eigenvalue weighted by molar-refractivity contribution is 6.14. The summed E-state index contributed by atoms with van der Waals surface area (Å²) in [5.74, 6) is 0. The lowest BCUT2D eigenvalue weighted by Crippen LogP contribution is -2.14. The molecule has 52 heavy (non-hydrogen) atoms. The fraction of sp³-hybridized carbons (Fsp3) is 0. The van der Waals surface area contributed by atoms with Gasteiger partial charge in [0.1, 0.15) is 0 Å². The van der Waals surface area contributed by atoms with Crippen molar-refractivity contribution in [1.82, 2.24) is 0 Å². The van der Waals surface area contributed by atoms with Gasteiger partial charge in [-0.25, -0.2) is 0 Å². The van der Waals surface area contributed by atoms with Gasteiger partial charge in [-0.3, -0.25) is 0 Å². The molecule has 9 aromatic carbocycles. The van der Waals surface area contributed by atoms with Crippen LogP contribution < -0.4 is 9.80 Å². The Hall–Kier alpha value is -6.90. The molecule has 0 radical (unpaired) electrons. The van der Waals surface area contributed by atoms with Crippen LogP contribution >= 0.6 is 0 Å². The Labute approximate surface area is 305 Å². The molecular weight excluding hydrogens is 629 g/mol. The van der Waals surface area contributed by atoms with E-state index < -0.39 is 0 Å². The molecule has 0 spiro atoms. The summed E-state index contributed by atoms with van der Waals surface area (Å²) in [7, 11) is 0. The van der Waals surface area contributed by atoms with Gasteiger partial charge in [-0.15, -0.1) is 0 Å². The second kappa shape index (κ2) is 13.8. The molecule has 0 aliphatic heterocycles. The molecule has 0 fully saturated rings. The van der Waals surface area contributed by atoms with Crippen molar-refractivity contribution in [2.75, 3.05) is 9.80 Å². The molecule has 0 atom stereocenters. The quantitative estimate of drug-likeness (QED) is 0.149. The van der Waals surface area contributed by atoms with Crippen molar-refractivity contribution in [3.8, 4) is 22.3 Å². The molecule has 2 heteroatoms. The number of rotatable bonds is 8. The zero-order valence-electron chi connectivity index (χ0n) is 28.7. The van der Waals surface area contributed by atoms with Crippen LogP contribution in [-0.2, 0) is 0 Å². The molecule has 2 nitrogen and oxygen atoms in total. The predicted octanol–water partition coefficient (Wildman–Crippen LogP) is 14.3. The molecule has 0 saturated carbocycles. The summed E-state index contributed by atoms with van der Waals surface area (Å²) in [6.07, 6.45) is 0. The SMILES string of the molecule is c1ccc(-c2ccc(N(c3ccccc3)c3cc(N(c4ccccc4)c4ccc(-c5ccccc5)cc4)c4ccc5ccccc5c4c3)cc2)cc1. The van der Waals surface area contributed by atoms with Crippen molar-refractivity contribution in [2.24, 2.45) is 0 Å². The van der Waals surface area contributed by atoms with Crippen molar-refractivity contribution in [3.63, 3.8) is 0 Å². The number of nitrogens with zero attached hydrogens (tertiary/aromatic N) is 2. The summed E-state index contributed by atoms with van der Waals surface area (Å²) in [6, 6.07) is 78.4. The molecule has 0 bridgehead atoms. The maximum atomic E-state index is 2.40. The molecule has 0 aliphatic carbocycles. The van der Waals surface area contributed by atoms with Crippen LogP contribution in [0.2, 0.25) is 0 Å². The molecule has 0 heterocycles. The summed E-state index contributed by atoms with van der Waals surface area (Å²) in [5.41, 5.74) is 11.4. The Balaban J connectivity index is 1.28. The third-order valence-corrected chi connectivity index (χ3v) is 9.82. The molecule has 0 unspecified atom stereocenters. The Morgan fingerprint density at radius 3 is 1.21 bits per heavy atom. The second-order valence-corrected chi connectivity index (χ2v) is 13.0. The number of hydrogen-bond acceptors (Lipinski definition) is 2. The van der Waals surface area contributed by atoms with E-state index in [4.69, 9.17) is 0 Å². The van der Waals surface area contributed by atoms with Gasteiger partial charge in [0.05, 0.1) is 5.69 Å². The summed E-state index contributed by atoms with van der Waals surface area (Å²) >= 11 is 0. The predicted molar refractivity (Wildman–Crippen MR) is 222 cm³/mol. The maximum absolute atomic E-state index is 2.40. The highest BCUT2D eigenvalue weighted by Gasteiger charge is 2.21. The van der Waals surface area contributed by atoms with Gasteiger partial charge in [-0.2, -0.15) is 0 Å². The fourth-order valence-corrected chi connectivity index (χ4v) is 7.29. The Morgan fingerprint density at radius 2 is 0.654 bits per heavy atom. The Morgan fingerprint density at radius 1 is 0.231 bits per heavy atom. The largest absolute Gasteiger partial charge is 0.310 e. The van der Waals surface area contributed by atoms with Crippen molar-refractivity contribution >= 4 is 55.7 Å². The smallest absolute Gasteiger partial charge is 0.0561 e. The fourth-order valence-electron chi connectivity index (χ4n) is 7.29. The Bertz CT molecular complexity index is 2580. The van der Waals surface area contributed by atoms with Crippen LogP contribution in [0.15, 0.2) is 218 Å². The van der Waals surface area contributed by atoms with Crippen molar-refractivity contribution < 1.29 is 0 Å². The first-order valence-electron chi connectivity index (χ1n) is 17.8. The third-order valence-electron chi connectivity index (χ3n) is 9.82. The molecule has 0 aliphatic rings. The minimum Gasteiger partial charge on any atom is -0.310 e. The highest BCUT2D eigenvalue weighted by atomic mass is 15.2. The van der Waals surface area contributed by atoms with Crippen LogP contribution in [0.5, 0.6) is 0 Å². The minimum atomic E-state index is 1.08. The average molecular weight is 665 g/mol. The first kappa shape index (κ1) is 31.1. The van der Waals surface area contributed by atoms with E-state index in [0.717, 1.165) is 34.1 Å². The molecule has 0 saturated heterocycles. The van der Waals surface area contributed by atoms with Crippen LogP contribution in [0.1, 0.15) is 0 Å². The van der Waals surface area contributed by atoms with Crippen LogP contribution in [-0.4, -0.2) is 0 Å². The van der Waals surface area contributed by atoms with Gasteiger partial charge in [0.2, 0.25) is 0 Å². The molecular formula is C50H36N2. The molecule has 0 N–H and O–H groups in total. The Kier molecular flexibility index (Phi) is 8.24. The molecule has 0 aromatic heterocycles. The van der Waals surface area contributed by atoms with Gasteiger partial charge in [-0.05, 0) is 99.1 Å². The van der Waals surface area contributed by atoms with E-state index in [1.165, 1.54) is 43.8 Å². The zero-order valence-corrected chi connectivity index (χ0v) is 28.7. The lowest BCUT2D eigenvalue weighted by atomic mass is 9.98. The lowest BCUT2D eigenvalue weighted by molar-refractivity contribution is 1.26. The summed E-state index contributed by atoms with van der Waals surface area (Å²) in [5, 5.41) is 4.83. The van der Waals surface area contributed by atoms with Gasteiger partial charge in [-0.1, -0.05) is 158 Å². The molecule has 9 rings (SSSR count). The monoisotopic (exact) mass is 664 g/mol. The van der Waals surface area contributed by atoms with Gasteiger partial charge in [0, 0.05) is 33.8 Å². The first-order chi connectivity index (χ1) is 25.8. The number of benzene rings is 9. The third kappa shape index (κ3) is 5.97. The van der Waals surface area contributed by atoms with E-state index in [1.807, 2.05) is 0 Å². The van der Waals surface area contributed by atoms with E-state index in [-0.39, 0.29) is 0 Å². The zero-order chi connectivity index (χ0) is 34.7. The van der Waals surface area contributed by atoms with Crippen LogP contribution in [0, 0.1) is 0 Å². The van der Waals surface area contributed by atoms with Gasteiger partial charge < -0.3 is 9.80 Å². The average Bonchev–Trinajstić information content (AvgIpc) is 3.23. The van der Waals surface area contributed by atoms with Gasteiger partial charge in [0.25, 0.3) is 0 Å². The van der Waals surface area contributed by atoms with Crippen molar-refractivity contribution in [3.05, 3.63) is 218 Å². The number of anilines is 6. The molecule has 0 amide bonds.